The number of urea groups is 1. The molecule has 1 aromatic rings. The lowest BCUT2D eigenvalue weighted by atomic mass is 10.0. The molecule has 1 aromatic carbocycles. The number of imide groups is 2. The van der Waals surface area contributed by atoms with Crippen LogP contribution in [0.4, 0.5) is 4.79 Å². The molecule has 0 bridgehead atoms. The van der Waals surface area contributed by atoms with Crippen LogP contribution in [0.25, 0.3) is 0 Å². The summed E-state index contributed by atoms with van der Waals surface area (Å²) in [5, 5.41) is 0. The third kappa shape index (κ3) is 3.67. The lowest BCUT2D eigenvalue weighted by molar-refractivity contribution is -0.145. The number of hydrogen-bond donors (Lipinski definition) is 0. The maximum Gasteiger partial charge on any atom is 0.335 e. The lowest BCUT2D eigenvalue weighted by Crippen LogP contribution is -2.43. The Bertz CT molecular complexity index is 868. The average molecular weight is 401 g/mol. The van der Waals surface area contributed by atoms with Crippen LogP contribution in [0, 0.1) is 0 Å². The second kappa shape index (κ2) is 8.34. The van der Waals surface area contributed by atoms with Gasteiger partial charge in [-0.2, -0.15) is 0 Å². The van der Waals surface area contributed by atoms with Gasteiger partial charge in [-0.1, -0.05) is 6.08 Å². The number of carbonyl (C=O) groups excluding carboxylic acids is 4. The summed E-state index contributed by atoms with van der Waals surface area (Å²) < 4.78 is 10.7. The quantitative estimate of drug-likeness (QED) is 0.389. The van der Waals surface area contributed by atoms with E-state index in [2.05, 4.69) is 6.58 Å². The molecule has 154 valence electrons. The van der Waals surface area contributed by atoms with Crippen molar-refractivity contribution in [1.82, 2.24) is 14.7 Å². The molecule has 0 N–H and O–H groups in total. The SMILES string of the molecule is C=CCN1C(=O)C(=O)N(CC(=O)N2CCC[C@@H]2c2cc(OC)ccc2OC)C1=O. The first-order valence-electron chi connectivity index (χ1n) is 9.22. The fourth-order valence-corrected chi connectivity index (χ4v) is 3.69. The summed E-state index contributed by atoms with van der Waals surface area (Å²) in [6, 6.07) is 4.28. The number of benzene rings is 1. The molecule has 0 saturated carbocycles. The van der Waals surface area contributed by atoms with Crippen molar-refractivity contribution in [3.05, 3.63) is 36.4 Å². The van der Waals surface area contributed by atoms with Crippen LogP contribution in [-0.2, 0) is 14.4 Å². The third-order valence-corrected chi connectivity index (χ3v) is 5.11. The van der Waals surface area contributed by atoms with Crippen LogP contribution in [0.1, 0.15) is 24.4 Å². The molecule has 2 fully saturated rings. The van der Waals surface area contributed by atoms with Gasteiger partial charge in [-0.25, -0.2) is 9.69 Å². The molecule has 2 heterocycles. The van der Waals surface area contributed by atoms with Crippen molar-refractivity contribution in [3.63, 3.8) is 0 Å². The third-order valence-electron chi connectivity index (χ3n) is 5.11. The first-order valence-corrected chi connectivity index (χ1v) is 9.22. The topological polar surface area (TPSA) is 96.5 Å². The van der Waals surface area contributed by atoms with Crippen LogP contribution in [0.3, 0.4) is 0 Å². The molecular formula is C20H23N3O6. The molecule has 1 atom stereocenters. The van der Waals surface area contributed by atoms with Gasteiger partial charge in [0, 0.05) is 18.7 Å². The minimum absolute atomic E-state index is 0.0819. The van der Waals surface area contributed by atoms with Crippen LogP contribution >= 0.6 is 0 Å². The Labute approximate surface area is 168 Å². The normalized spacial score (nSPS) is 19.2. The molecule has 0 aliphatic carbocycles. The van der Waals surface area contributed by atoms with Gasteiger partial charge in [0.1, 0.15) is 18.0 Å². The molecule has 9 nitrogen and oxygen atoms in total. The summed E-state index contributed by atoms with van der Waals surface area (Å²) in [6.07, 6.45) is 2.82. The second-order valence-electron chi connectivity index (χ2n) is 6.73. The molecule has 2 aliphatic heterocycles. The lowest BCUT2D eigenvalue weighted by Gasteiger charge is -2.28. The fraction of sp³-hybridized carbons (Fsp3) is 0.400. The molecule has 0 radical (unpaired) electrons. The van der Waals surface area contributed by atoms with Gasteiger partial charge in [-0.15, -0.1) is 6.58 Å². The van der Waals surface area contributed by atoms with E-state index < -0.39 is 30.3 Å². The van der Waals surface area contributed by atoms with E-state index in [0.29, 0.717) is 29.4 Å². The van der Waals surface area contributed by atoms with E-state index >= 15 is 0 Å². The Morgan fingerprint density at radius 1 is 1.17 bits per heavy atom. The highest BCUT2D eigenvalue weighted by Gasteiger charge is 2.45. The minimum atomic E-state index is -1.00. The van der Waals surface area contributed by atoms with Gasteiger partial charge in [0.25, 0.3) is 0 Å². The molecule has 5 amide bonds. The van der Waals surface area contributed by atoms with Crippen molar-refractivity contribution in [3.8, 4) is 11.5 Å². The molecule has 0 spiro atoms. The average Bonchev–Trinajstić information content (AvgIpc) is 3.29. The van der Waals surface area contributed by atoms with Crippen molar-refractivity contribution in [2.24, 2.45) is 0 Å². The maximum absolute atomic E-state index is 13.0. The fourth-order valence-electron chi connectivity index (χ4n) is 3.69. The summed E-state index contributed by atoms with van der Waals surface area (Å²) in [5.74, 6) is -1.10. The van der Waals surface area contributed by atoms with Crippen LogP contribution < -0.4 is 9.47 Å². The molecule has 3 rings (SSSR count). The van der Waals surface area contributed by atoms with Crippen LogP contribution in [-0.4, -0.2) is 72.3 Å². The highest BCUT2D eigenvalue weighted by molar-refractivity contribution is 6.45. The Kier molecular flexibility index (Phi) is 5.86. The number of likely N-dealkylation sites (tertiary alicyclic amines) is 1. The number of methoxy groups -OCH3 is 2. The van der Waals surface area contributed by atoms with E-state index in [1.54, 1.807) is 31.3 Å². The molecule has 0 unspecified atom stereocenters. The van der Waals surface area contributed by atoms with E-state index in [9.17, 15) is 19.2 Å². The van der Waals surface area contributed by atoms with Crippen molar-refractivity contribution >= 4 is 23.8 Å². The van der Waals surface area contributed by atoms with Gasteiger partial charge in [-0.3, -0.25) is 19.3 Å². The standard InChI is InChI=1S/C20H23N3O6/c1-4-9-22-18(25)19(26)23(20(22)27)12-17(24)21-10-5-6-15(21)14-11-13(28-2)7-8-16(14)29-3/h4,7-8,11,15H,1,5-6,9-10,12H2,2-3H3/t15-/m1/s1. The zero-order chi connectivity index (χ0) is 21.1. The number of nitrogens with zero attached hydrogens (tertiary/aromatic N) is 3. The minimum Gasteiger partial charge on any atom is -0.497 e. The van der Waals surface area contributed by atoms with E-state index in [1.165, 1.54) is 6.08 Å². The van der Waals surface area contributed by atoms with E-state index in [0.717, 1.165) is 16.9 Å². The Morgan fingerprint density at radius 3 is 2.55 bits per heavy atom. The van der Waals surface area contributed by atoms with Crippen molar-refractivity contribution in [2.45, 2.75) is 18.9 Å². The summed E-state index contributed by atoms with van der Waals surface area (Å²) in [7, 11) is 3.10. The first-order chi connectivity index (χ1) is 13.9. The molecule has 2 saturated heterocycles. The van der Waals surface area contributed by atoms with Gasteiger partial charge in [0.2, 0.25) is 5.91 Å². The number of carbonyl (C=O) groups is 4. The molecule has 0 aromatic heterocycles. The summed E-state index contributed by atoms with van der Waals surface area (Å²) in [4.78, 5) is 52.5. The van der Waals surface area contributed by atoms with Crippen LogP contribution in [0.15, 0.2) is 30.9 Å². The summed E-state index contributed by atoms with van der Waals surface area (Å²) >= 11 is 0. The highest BCUT2D eigenvalue weighted by atomic mass is 16.5. The van der Waals surface area contributed by atoms with Gasteiger partial charge in [0.15, 0.2) is 0 Å². The zero-order valence-electron chi connectivity index (χ0n) is 16.4. The van der Waals surface area contributed by atoms with Gasteiger partial charge < -0.3 is 14.4 Å². The molecule has 9 heteroatoms. The monoisotopic (exact) mass is 401 g/mol. The van der Waals surface area contributed by atoms with Gasteiger partial charge >= 0.3 is 17.8 Å². The number of ether oxygens (including phenoxy) is 2. The van der Waals surface area contributed by atoms with Crippen molar-refractivity contribution in [2.75, 3.05) is 33.9 Å². The maximum atomic E-state index is 13.0. The predicted octanol–water partition coefficient (Wildman–Crippen LogP) is 1.34. The van der Waals surface area contributed by atoms with Crippen molar-refractivity contribution < 1.29 is 28.7 Å². The van der Waals surface area contributed by atoms with Gasteiger partial charge in [-0.05, 0) is 31.0 Å². The van der Waals surface area contributed by atoms with Crippen LogP contribution in [0.5, 0.6) is 11.5 Å². The van der Waals surface area contributed by atoms with E-state index in [-0.39, 0.29) is 12.6 Å². The highest BCUT2D eigenvalue weighted by Crippen LogP contribution is 2.39. The van der Waals surface area contributed by atoms with E-state index in [1.807, 2.05) is 6.07 Å². The van der Waals surface area contributed by atoms with Crippen molar-refractivity contribution in [1.29, 1.82) is 0 Å². The summed E-state index contributed by atoms with van der Waals surface area (Å²) in [5.41, 5.74) is 0.793. The number of hydrogen-bond acceptors (Lipinski definition) is 6. The predicted molar refractivity (Wildman–Crippen MR) is 102 cm³/mol. The number of amides is 5. The summed E-state index contributed by atoms with van der Waals surface area (Å²) in [6.45, 7) is 3.38. The Morgan fingerprint density at radius 2 is 1.90 bits per heavy atom. The second-order valence-corrected chi connectivity index (χ2v) is 6.73. The first kappa shape index (κ1) is 20.4. The van der Waals surface area contributed by atoms with Gasteiger partial charge in [0.05, 0.1) is 20.3 Å². The Hall–Kier alpha value is -3.36. The smallest absolute Gasteiger partial charge is 0.335 e. The zero-order valence-corrected chi connectivity index (χ0v) is 16.4. The largest absolute Gasteiger partial charge is 0.497 e. The molecule has 2 aliphatic rings. The molecule has 29 heavy (non-hydrogen) atoms. The Balaban J connectivity index is 1.81. The molecular weight excluding hydrogens is 378 g/mol. The van der Waals surface area contributed by atoms with E-state index in [4.69, 9.17) is 9.47 Å². The number of rotatable bonds is 7. The van der Waals surface area contributed by atoms with Crippen LogP contribution in [0.2, 0.25) is 0 Å².